The van der Waals surface area contributed by atoms with E-state index < -0.39 is 26.6 Å². The maximum atomic E-state index is 13.6. The van der Waals surface area contributed by atoms with Crippen LogP contribution in [0.15, 0.2) is 47.6 Å². The van der Waals surface area contributed by atoms with E-state index in [0.29, 0.717) is 17.3 Å². The van der Waals surface area contributed by atoms with Gasteiger partial charge in [0.15, 0.2) is 0 Å². The first kappa shape index (κ1) is 14.6. The molecule has 0 saturated heterocycles. The number of rotatable bonds is 4. The zero-order chi connectivity index (χ0) is 15.7. The molecule has 114 valence electrons. The van der Waals surface area contributed by atoms with Crippen LogP contribution in [0.5, 0.6) is 0 Å². The quantitative estimate of drug-likeness (QED) is 0.774. The number of nitrogens with one attached hydrogen (secondary N) is 2. The number of nitrogens with zero attached hydrogens (tertiary/aromatic N) is 1. The van der Waals surface area contributed by atoms with Gasteiger partial charge in [-0.1, -0.05) is 0 Å². The number of pyridine rings is 1. The van der Waals surface area contributed by atoms with E-state index in [1.165, 1.54) is 0 Å². The summed E-state index contributed by atoms with van der Waals surface area (Å²) in [6, 6.07) is 5.79. The highest BCUT2D eigenvalue weighted by atomic mass is 32.2. The Bertz CT molecular complexity index is 938. The molecular formula is C14H11F2N3O2S. The standard InChI is InChI=1S/C14H11F2N3O2S/c15-10-3-4-12(16)13(6-10)22(20,21)19-8-9-7-18-14-11(9)2-1-5-17-14/h1-7,19H,8H2,(H,17,18). The lowest BCUT2D eigenvalue weighted by atomic mass is 10.2. The van der Waals surface area contributed by atoms with E-state index in [2.05, 4.69) is 14.7 Å². The molecule has 0 bridgehead atoms. The fraction of sp³-hybridized carbons (Fsp3) is 0.0714. The molecule has 0 radical (unpaired) electrons. The van der Waals surface area contributed by atoms with Gasteiger partial charge in [-0.3, -0.25) is 0 Å². The van der Waals surface area contributed by atoms with E-state index in [0.717, 1.165) is 17.5 Å². The first-order valence-corrected chi connectivity index (χ1v) is 7.81. The monoisotopic (exact) mass is 323 g/mol. The Morgan fingerprint density at radius 1 is 1.23 bits per heavy atom. The van der Waals surface area contributed by atoms with Crippen molar-refractivity contribution in [3.63, 3.8) is 0 Å². The second-order valence-corrected chi connectivity index (χ2v) is 6.35. The number of aromatic nitrogens is 2. The molecule has 0 atom stereocenters. The van der Waals surface area contributed by atoms with Crippen LogP contribution in [0.1, 0.15) is 5.56 Å². The number of sulfonamides is 1. The number of hydrogen-bond donors (Lipinski definition) is 2. The maximum absolute atomic E-state index is 13.6. The molecule has 0 amide bonds. The van der Waals surface area contributed by atoms with Gasteiger partial charge in [-0.15, -0.1) is 0 Å². The summed E-state index contributed by atoms with van der Waals surface area (Å²) in [5.41, 5.74) is 1.28. The van der Waals surface area contributed by atoms with Crippen LogP contribution in [-0.2, 0) is 16.6 Å². The van der Waals surface area contributed by atoms with E-state index in [-0.39, 0.29) is 6.54 Å². The number of benzene rings is 1. The Morgan fingerprint density at radius 3 is 2.86 bits per heavy atom. The molecule has 3 rings (SSSR count). The first-order valence-electron chi connectivity index (χ1n) is 6.33. The van der Waals surface area contributed by atoms with Gasteiger partial charge in [-0.05, 0) is 35.9 Å². The molecule has 22 heavy (non-hydrogen) atoms. The first-order chi connectivity index (χ1) is 10.5. The molecule has 2 heterocycles. The molecule has 2 aromatic heterocycles. The number of halogens is 2. The van der Waals surface area contributed by atoms with Crippen LogP contribution >= 0.6 is 0 Å². The van der Waals surface area contributed by atoms with Crippen LogP contribution in [0.2, 0.25) is 0 Å². The van der Waals surface area contributed by atoms with Crippen LogP contribution < -0.4 is 4.72 Å². The molecule has 0 spiro atoms. The summed E-state index contributed by atoms with van der Waals surface area (Å²) in [6.07, 6.45) is 3.22. The summed E-state index contributed by atoms with van der Waals surface area (Å²) in [7, 11) is -4.16. The van der Waals surface area contributed by atoms with E-state index in [1.807, 2.05) is 0 Å². The minimum absolute atomic E-state index is 0.0655. The van der Waals surface area contributed by atoms with Crippen LogP contribution in [0.25, 0.3) is 11.0 Å². The zero-order valence-electron chi connectivity index (χ0n) is 11.2. The van der Waals surface area contributed by atoms with Gasteiger partial charge in [0.1, 0.15) is 22.2 Å². The van der Waals surface area contributed by atoms with Crippen molar-refractivity contribution in [3.05, 3.63) is 59.9 Å². The molecule has 0 unspecified atom stereocenters. The fourth-order valence-corrected chi connectivity index (χ4v) is 3.19. The zero-order valence-corrected chi connectivity index (χ0v) is 12.0. The predicted octanol–water partition coefficient (Wildman–Crippen LogP) is 2.32. The summed E-state index contributed by atoms with van der Waals surface area (Å²) in [4.78, 5) is 6.28. The van der Waals surface area contributed by atoms with Crippen molar-refractivity contribution in [1.82, 2.24) is 14.7 Å². The van der Waals surface area contributed by atoms with Gasteiger partial charge in [-0.2, -0.15) is 0 Å². The van der Waals surface area contributed by atoms with E-state index in [1.54, 1.807) is 24.5 Å². The second kappa shape index (κ2) is 5.47. The third kappa shape index (κ3) is 2.70. The van der Waals surface area contributed by atoms with Gasteiger partial charge in [0, 0.05) is 24.3 Å². The molecular weight excluding hydrogens is 312 g/mol. The van der Waals surface area contributed by atoms with Gasteiger partial charge in [0.2, 0.25) is 10.0 Å². The molecule has 0 fully saturated rings. The highest BCUT2D eigenvalue weighted by molar-refractivity contribution is 7.89. The van der Waals surface area contributed by atoms with E-state index in [4.69, 9.17) is 0 Å². The lowest BCUT2D eigenvalue weighted by Gasteiger charge is -2.07. The second-order valence-electron chi connectivity index (χ2n) is 4.61. The highest BCUT2D eigenvalue weighted by Gasteiger charge is 2.20. The minimum Gasteiger partial charge on any atom is -0.346 e. The summed E-state index contributed by atoms with van der Waals surface area (Å²) in [5.74, 6) is -1.83. The van der Waals surface area contributed by atoms with Crippen LogP contribution in [-0.4, -0.2) is 18.4 Å². The van der Waals surface area contributed by atoms with Gasteiger partial charge in [0.25, 0.3) is 0 Å². The molecule has 3 aromatic rings. The van der Waals surface area contributed by atoms with Crippen molar-refractivity contribution in [2.24, 2.45) is 0 Å². The van der Waals surface area contributed by atoms with Gasteiger partial charge >= 0.3 is 0 Å². The molecule has 8 heteroatoms. The molecule has 1 aromatic carbocycles. The largest absolute Gasteiger partial charge is 0.346 e. The average Bonchev–Trinajstić information content (AvgIpc) is 2.91. The van der Waals surface area contributed by atoms with Crippen molar-refractivity contribution in [2.75, 3.05) is 0 Å². The number of H-pyrrole nitrogens is 1. The Balaban J connectivity index is 1.88. The van der Waals surface area contributed by atoms with Crippen molar-refractivity contribution >= 4 is 21.1 Å². The van der Waals surface area contributed by atoms with Crippen molar-refractivity contribution < 1.29 is 17.2 Å². The minimum atomic E-state index is -4.16. The molecule has 0 saturated carbocycles. The molecule has 0 aliphatic heterocycles. The lowest BCUT2D eigenvalue weighted by molar-refractivity contribution is 0.545. The highest BCUT2D eigenvalue weighted by Crippen LogP contribution is 2.18. The van der Waals surface area contributed by atoms with Gasteiger partial charge < -0.3 is 4.98 Å². The number of aromatic amines is 1. The number of fused-ring (bicyclic) bond motifs is 1. The van der Waals surface area contributed by atoms with Crippen molar-refractivity contribution in [2.45, 2.75) is 11.4 Å². The summed E-state index contributed by atoms with van der Waals surface area (Å²) in [5, 5.41) is 0.755. The normalized spacial score (nSPS) is 11.9. The average molecular weight is 323 g/mol. The molecule has 0 aliphatic carbocycles. The third-order valence-electron chi connectivity index (χ3n) is 3.17. The Labute approximate surface area is 125 Å². The molecule has 5 nitrogen and oxygen atoms in total. The van der Waals surface area contributed by atoms with Gasteiger partial charge in [-0.25, -0.2) is 26.9 Å². The molecule has 2 N–H and O–H groups in total. The predicted molar refractivity (Wildman–Crippen MR) is 76.5 cm³/mol. The Morgan fingerprint density at radius 2 is 2.05 bits per heavy atom. The molecule has 0 aliphatic rings. The van der Waals surface area contributed by atoms with Crippen LogP contribution in [0.3, 0.4) is 0 Å². The van der Waals surface area contributed by atoms with E-state index in [9.17, 15) is 17.2 Å². The van der Waals surface area contributed by atoms with Crippen molar-refractivity contribution in [1.29, 1.82) is 0 Å². The summed E-state index contributed by atoms with van der Waals surface area (Å²) >= 11 is 0. The maximum Gasteiger partial charge on any atom is 0.243 e. The Hall–Kier alpha value is -2.32. The van der Waals surface area contributed by atoms with Gasteiger partial charge in [0.05, 0.1) is 0 Å². The lowest BCUT2D eigenvalue weighted by Crippen LogP contribution is -2.24. The van der Waals surface area contributed by atoms with Crippen LogP contribution in [0, 0.1) is 11.6 Å². The topological polar surface area (TPSA) is 74.8 Å². The fourth-order valence-electron chi connectivity index (χ4n) is 2.09. The smallest absolute Gasteiger partial charge is 0.243 e. The third-order valence-corrected chi connectivity index (χ3v) is 4.59. The Kier molecular flexibility index (Phi) is 3.63. The van der Waals surface area contributed by atoms with Crippen molar-refractivity contribution in [3.8, 4) is 0 Å². The van der Waals surface area contributed by atoms with Crippen LogP contribution in [0.4, 0.5) is 8.78 Å². The summed E-state index contributed by atoms with van der Waals surface area (Å²) in [6.45, 7) is -0.0655. The van der Waals surface area contributed by atoms with E-state index >= 15 is 0 Å². The number of hydrogen-bond acceptors (Lipinski definition) is 3. The summed E-state index contributed by atoms with van der Waals surface area (Å²) < 4.78 is 53.2. The SMILES string of the molecule is O=S(=O)(NCc1c[nH]c2ncccc12)c1cc(F)ccc1F.